The molecule has 32 heavy (non-hydrogen) atoms. The molecule has 0 aliphatic rings. The van der Waals surface area contributed by atoms with E-state index >= 15 is 0 Å². The summed E-state index contributed by atoms with van der Waals surface area (Å²) in [5, 5.41) is 3.93. The second-order valence-corrected chi connectivity index (χ2v) is 8.25. The topological polar surface area (TPSA) is 106 Å². The molecule has 0 heterocycles. The Bertz CT molecular complexity index is 1190. The summed E-state index contributed by atoms with van der Waals surface area (Å²) in [6.45, 7) is 2.48. The molecule has 3 rings (SSSR count). The molecular formula is C23H23N3O5S. The van der Waals surface area contributed by atoms with Crippen LogP contribution in [0.2, 0.25) is 0 Å². The van der Waals surface area contributed by atoms with Crippen molar-refractivity contribution in [2.45, 2.75) is 11.8 Å². The molecule has 3 aromatic carbocycles. The summed E-state index contributed by atoms with van der Waals surface area (Å²) >= 11 is 0. The predicted molar refractivity (Wildman–Crippen MR) is 123 cm³/mol. The molecule has 0 aliphatic carbocycles. The minimum absolute atomic E-state index is 0.0449. The van der Waals surface area contributed by atoms with Gasteiger partial charge in [0.1, 0.15) is 11.5 Å². The standard InChI is InChI=1S/C23H23N3O5S/c1-3-31-21-11-7-17(8-12-21)16-24-25-23(27)18-5-4-6-22(15-18)32(28,29)26-19-9-13-20(30-2)14-10-19/h4-16,26H,3H2,1-2H3,(H,25,27). The molecule has 0 atom stereocenters. The summed E-state index contributed by atoms with van der Waals surface area (Å²) < 4.78 is 38.3. The van der Waals surface area contributed by atoms with Crippen molar-refractivity contribution in [3.8, 4) is 11.5 Å². The third-order valence-electron chi connectivity index (χ3n) is 4.32. The largest absolute Gasteiger partial charge is 0.497 e. The van der Waals surface area contributed by atoms with E-state index in [1.807, 2.05) is 6.92 Å². The first kappa shape index (κ1) is 22.8. The van der Waals surface area contributed by atoms with E-state index in [2.05, 4.69) is 15.2 Å². The number of nitrogens with zero attached hydrogens (tertiary/aromatic N) is 1. The van der Waals surface area contributed by atoms with Crippen molar-refractivity contribution < 1.29 is 22.7 Å². The third-order valence-corrected chi connectivity index (χ3v) is 5.70. The van der Waals surface area contributed by atoms with Crippen LogP contribution in [0.25, 0.3) is 0 Å². The van der Waals surface area contributed by atoms with Crippen molar-refractivity contribution in [2.75, 3.05) is 18.4 Å². The molecular weight excluding hydrogens is 430 g/mol. The number of benzene rings is 3. The second kappa shape index (κ2) is 10.5. The molecule has 0 saturated heterocycles. The highest BCUT2D eigenvalue weighted by Crippen LogP contribution is 2.20. The van der Waals surface area contributed by atoms with Gasteiger partial charge in [-0.2, -0.15) is 5.10 Å². The predicted octanol–water partition coefficient (Wildman–Crippen LogP) is 3.66. The number of ether oxygens (including phenoxy) is 2. The van der Waals surface area contributed by atoms with Gasteiger partial charge in [0.15, 0.2) is 0 Å². The number of nitrogens with one attached hydrogen (secondary N) is 2. The number of hydrazone groups is 1. The van der Waals surface area contributed by atoms with Gasteiger partial charge in [0.05, 0.1) is 24.8 Å². The molecule has 0 saturated carbocycles. The van der Waals surface area contributed by atoms with Crippen LogP contribution in [0.15, 0.2) is 82.8 Å². The van der Waals surface area contributed by atoms with Crippen LogP contribution in [-0.2, 0) is 10.0 Å². The highest BCUT2D eigenvalue weighted by atomic mass is 32.2. The number of anilines is 1. The Morgan fingerprint density at radius 3 is 2.34 bits per heavy atom. The van der Waals surface area contributed by atoms with Gasteiger partial charge in [-0.15, -0.1) is 0 Å². The van der Waals surface area contributed by atoms with E-state index in [4.69, 9.17) is 9.47 Å². The van der Waals surface area contributed by atoms with Crippen LogP contribution in [0.4, 0.5) is 5.69 Å². The number of sulfonamides is 1. The molecule has 9 heteroatoms. The summed E-state index contributed by atoms with van der Waals surface area (Å²) in [4.78, 5) is 12.4. The summed E-state index contributed by atoms with van der Waals surface area (Å²) in [6, 6.07) is 19.4. The molecule has 0 spiro atoms. The highest BCUT2D eigenvalue weighted by Gasteiger charge is 2.16. The van der Waals surface area contributed by atoms with Crippen molar-refractivity contribution in [3.63, 3.8) is 0 Å². The minimum atomic E-state index is -3.88. The smallest absolute Gasteiger partial charge is 0.271 e. The zero-order valence-electron chi connectivity index (χ0n) is 17.6. The lowest BCUT2D eigenvalue weighted by Gasteiger charge is -2.10. The Morgan fingerprint density at radius 2 is 1.69 bits per heavy atom. The fourth-order valence-electron chi connectivity index (χ4n) is 2.72. The number of hydrogen-bond donors (Lipinski definition) is 2. The van der Waals surface area contributed by atoms with Crippen LogP contribution < -0.4 is 19.6 Å². The molecule has 0 radical (unpaired) electrons. The van der Waals surface area contributed by atoms with Gasteiger partial charge in [-0.25, -0.2) is 13.8 Å². The third kappa shape index (κ3) is 6.08. The van der Waals surface area contributed by atoms with E-state index in [0.29, 0.717) is 18.0 Å². The number of methoxy groups -OCH3 is 1. The van der Waals surface area contributed by atoms with Crippen LogP contribution in [0.5, 0.6) is 11.5 Å². The van der Waals surface area contributed by atoms with Crippen LogP contribution in [-0.4, -0.2) is 34.3 Å². The number of hydrogen-bond acceptors (Lipinski definition) is 6. The van der Waals surface area contributed by atoms with Gasteiger partial charge in [-0.3, -0.25) is 9.52 Å². The molecule has 2 N–H and O–H groups in total. The van der Waals surface area contributed by atoms with E-state index in [9.17, 15) is 13.2 Å². The Hall–Kier alpha value is -3.85. The lowest BCUT2D eigenvalue weighted by molar-refractivity contribution is 0.0955. The van der Waals surface area contributed by atoms with Gasteiger partial charge in [0.2, 0.25) is 0 Å². The molecule has 0 bridgehead atoms. The summed E-state index contributed by atoms with van der Waals surface area (Å²) in [5.41, 5.74) is 3.70. The summed E-state index contributed by atoms with van der Waals surface area (Å²) in [5.74, 6) is 0.820. The number of carbonyl (C=O) groups is 1. The van der Waals surface area contributed by atoms with Crippen molar-refractivity contribution in [1.82, 2.24) is 5.43 Å². The summed E-state index contributed by atoms with van der Waals surface area (Å²) in [6.07, 6.45) is 1.49. The van der Waals surface area contributed by atoms with Crippen molar-refractivity contribution >= 4 is 27.8 Å². The maximum Gasteiger partial charge on any atom is 0.271 e. The second-order valence-electron chi connectivity index (χ2n) is 6.56. The van der Waals surface area contributed by atoms with E-state index in [1.54, 1.807) is 48.5 Å². The van der Waals surface area contributed by atoms with Gasteiger partial charge in [0, 0.05) is 11.3 Å². The van der Waals surface area contributed by atoms with Gasteiger partial charge >= 0.3 is 0 Å². The van der Waals surface area contributed by atoms with Gasteiger partial charge < -0.3 is 9.47 Å². The van der Waals surface area contributed by atoms with E-state index in [1.165, 1.54) is 37.6 Å². The maximum absolute atomic E-state index is 12.7. The quantitative estimate of drug-likeness (QED) is 0.380. The fourth-order valence-corrected chi connectivity index (χ4v) is 3.83. The summed E-state index contributed by atoms with van der Waals surface area (Å²) in [7, 11) is -2.36. The monoisotopic (exact) mass is 453 g/mol. The number of carbonyl (C=O) groups excluding carboxylic acids is 1. The lowest BCUT2D eigenvalue weighted by Crippen LogP contribution is -2.19. The zero-order chi connectivity index (χ0) is 23.0. The van der Waals surface area contributed by atoms with Crippen molar-refractivity contribution in [2.24, 2.45) is 5.10 Å². The van der Waals surface area contributed by atoms with Gasteiger partial charge in [0.25, 0.3) is 15.9 Å². The Kier molecular flexibility index (Phi) is 7.45. The zero-order valence-corrected chi connectivity index (χ0v) is 18.4. The van der Waals surface area contributed by atoms with Crippen LogP contribution in [0.1, 0.15) is 22.8 Å². The average molecular weight is 454 g/mol. The molecule has 0 unspecified atom stereocenters. The molecule has 3 aromatic rings. The van der Waals surface area contributed by atoms with Crippen LogP contribution in [0.3, 0.4) is 0 Å². The minimum Gasteiger partial charge on any atom is -0.497 e. The Labute approximate surface area is 186 Å². The van der Waals surface area contributed by atoms with Gasteiger partial charge in [-0.05, 0) is 79.2 Å². The van der Waals surface area contributed by atoms with Crippen molar-refractivity contribution in [1.29, 1.82) is 0 Å². The number of rotatable bonds is 9. The molecule has 0 aromatic heterocycles. The highest BCUT2D eigenvalue weighted by molar-refractivity contribution is 7.92. The SMILES string of the molecule is CCOc1ccc(C=NNC(=O)c2cccc(S(=O)(=O)Nc3ccc(OC)cc3)c2)cc1. The lowest BCUT2D eigenvalue weighted by atomic mass is 10.2. The average Bonchev–Trinajstić information content (AvgIpc) is 2.81. The van der Waals surface area contributed by atoms with E-state index in [0.717, 1.165) is 11.3 Å². The Morgan fingerprint density at radius 1 is 1.00 bits per heavy atom. The first-order chi connectivity index (χ1) is 15.4. The Balaban J connectivity index is 1.66. The normalized spacial score (nSPS) is 11.2. The maximum atomic E-state index is 12.7. The van der Waals surface area contributed by atoms with Crippen LogP contribution >= 0.6 is 0 Å². The van der Waals surface area contributed by atoms with Gasteiger partial charge in [-0.1, -0.05) is 6.07 Å². The molecule has 8 nitrogen and oxygen atoms in total. The van der Waals surface area contributed by atoms with E-state index in [-0.39, 0.29) is 10.5 Å². The first-order valence-electron chi connectivity index (χ1n) is 9.74. The molecule has 0 aliphatic heterocycles. The fraction of sp³-hybridized carbons (Fsp3) is 0.130. The number of amides is 1. The molecule has 1 amide bonds. The first-order valence-corrected chi connectivity index (χ1v) is 11.2. The molecule has 166 valence electrons. The van der Waals surface area contributed by atoms with E-state index < -0.39 is 15.9 Å². The van der Waals surface area contributed by atoms with Crippen molar-refractivity contribution in [3.05, 3.63) is 83.9 Å². The molecule has 0 fully saturated rings. The van der Waals surface area contributed by atoms with Crippen LogP contribution in [0, 0.1) is 0 Å².